The van der Waals surface area contributed by atoms with E-state index in [0.29, 0.717) is 5.92 Å². The van der Waals surface area contributed by atoms with E-state index in [9.17, 15) is 0 Å². The Morgan fingerprint density at radius 3 is 2.46 bits per heavy atom. The Balaban J connectivity index is 1.42. The van der Waals surface area contributed by atoms with Crippen LogP contribution in [0.15, 0.2) is 0 Å². The monoisotopic (exact) mass is 362 g/mol. The Kier molecular flexibility index (Phi) is 5.86. The Hall–Kier alpha value is -1.05. The minimum absolute atomic E-state index is 0.268. The average molecular weight is 363 g/mol. The van der Waals surface area contributed by atoms with Crippen molar-refractivity contribution in [3.63, 3.8) is 0 Å². The van der Waals surface area contributed by atoms with Gasteiger partial charge >= 0.3 is 0 Å². The largest absolute Gasteiger partial charge is 0.376 e. The van der Waals surface area contributed by atoms with Gasteiger partial charge in [0.1, 0.15) is 0 Å². The first-order chi connectivity index (χ1) is 12.7. The van der Waals surface area contributed by atoms with Crippen LogP contribution >= 0.6 is 0 Å². The van der Waals surface area contributed by atoms with Crippen LogP contribution in [-0.4, -0.2) is 74.9 Å². The summed E-state index contributed by atoms with van der Waals surface area (Å²) >= 11 is 0. The number of hydrogen-bond donors (Lipinski definition) is 0. The van der Waals surface area contributed by atoms with Crippen LogP contribution in [0.4, 0.5) is 0 Å². The molecule has 0 spiro atoms. The molecule has 26 heavy (non-hydrogen) atoms. The fourth-order valence-electron chi connectivity index (χ4n) is 5.07. The van der Waals surface area contributed by atoms with Gasteiger partial charge in [-0.25, -0.2) is 4.68 Å². The van der Waals surface area contributed by atoms with Crippen molar-refractivity contribution < 1.29 is 4.74 Å². The van der Waals surface area contributed by atoms with Crippen molar-refractivity contribution in [3.8, 4) is 0 Å². The smallest absolute Gasteiger partial charge is 0.168 e. The van der Waals surface area contributed by atoms with Gasteiger partial charge in [0.25, 0.3) is 0 Å². The molecule has 0 aromatic carbocycles. The van der Waals surface area contributed by atoms with Crippen molar-refractivity contribution >= 4 is 0 Å². The lowest BCUT2D eigenvalue weighted by atomic mass is 10.00. The minimum atomic E-state index is 0.268. The molecule has 1 saturated carbocycles. The van der Waals surface area contributed by atoms with E-state index >= 15 is 0 Å². The highest BCUT2D eigenvalue weighted by Gasteiger charge is 2.34. The van der Waals surface area contributed by atoms with Crippen molar-refractivity contribution in [2.45, 2.75) is 77.1 Å². The van der Waals surface area contributed by atoms with Crippen LogP contribution in [0.1, 0.15) is 64.2 Å². The van der Waals surface area contributed by atoms with Crippen LogP contribution in [0.5, 0.6) is 0 Å². The Bertz CT molecular complexity index is 556. The van der Waals surface area contributed by atoms with Crippen molar-refractivity contribution in [1.29, 1.82) is 0 Å². The van der Waals surface area contributed by atoms with Gasteiger partial charge in [-0.15, -0.1) is 5.10 Å². The summed E-state index contributed by atoms with van der Waals surface area (Å²) in [4.78, 5) is 5.32. The molecule has 1 aromatic rings. The first-order valence-corrected chi connectivity index (χ1v) is 10.6. The number of aromatic nitrogens is 4. The maximum atomic E-state index is 5.80. The molecule has 3 heterocycles. The van der Waals surface area contributed by atoms with Gasteiger partial charge in [0, 0.05) is 38.8 Å². The molecular formula is C19H34N6O. The zero-order chi connectivity index (χ0) is 17.9. The zero-order valence-corrected chi connectivity index (χ0v) is 16.4. The maximum absolute atomic E-state index is 5.80. The van der Waals surface area contributed by atoms with E-state index in [2.05, 4.69) is 39.2 Å². The second-order valence-corrected chi connectivity index (χ2v) is 8.55. The third-order valence-corrected chi connectivity index (χ3v) is 6.44. The lowest BCUT2D eigenvalue weighted by Crippen LogP contribution is -2.51. The summed E-state index contributed by atoms with van der Waals surface area (Å²) in [6.07, 6.45) is 8.16. The second kappa shape index (κ2) is 8.31. The summed E-state index contributed by atoms with van der Waals surface area (Å²) in [7, 11) is 0. The molecule has 0 unspecified atom stereocenters. The van der Waals surface area contributed by atoms with Crippen LogP contribution < -0.4 is 0 Å². The van der Waals surface area contributed by atoms with Gasteiger partial charge in [-0.2, -0.15) is 0 Å². The van der Waals surface area contributed by atoms with Crippen molar-refractivity contribution in [2.24, 2.45) is 5.92 Å². The highest BCUT2D eigenvalue weighted by molar-refractivity contribution is 4.98. The molecule has 0 bridgehead atoms. The van der Waals surface area contributed by atoms with Crippen molar-refractivity contribution in [3.05, 3.63) is 5.82 Å². The van der Waals surface area contributed by atoms with Crippen molar-refractivity contribution in [1.82, 2.24) is 30.0 Å². The molecule has 1 aliphatic carbocycles. The first-order valence-electron chi connectivity index (χ1n) is 10.6. The summed E-state index contributed by atoms with van der Waals surface area (Å²) in [5.41, 5.74) is 0. The lowest BCUT2D eigenvalue weighted by molar-refractivity contribution is 0.0469. The summed E-state index contributed by atoms with van der Waals surface area (Å²) in [5.74, 6) is 1.51. The van der Waals surface area contributed by atoms with E-state index < -0.39 is 0 Å². The second-order valence-electron chi connectivity index (χ2n) is 8.55. The maximum Gasteiger partial charge on any atom is 0.168 e. The highest BCUT2D eigenvalue weighted by atomic mass is 16.5. The predicted molar refractivity (Wildman–Crippen MR) is 99.8 cm³/mol. The summed E-state index contributed by atoms with van der Waals surface area (Å²) in [5, 5.41) is 12.7. The first kappa shape index (κ1) is 18.3. The van der Waals surface area contributed by atoms with Crippen LogP contribution in [0, 0.1) is 5.92 Å². The fourth-order valence-corrected chi connectivity index (χ4v) is 5.07. The lowest BCUT2D eigenvalue weighted by Gasteiger charge is -2.42. The standard InChI is InChI=1S/C19H34N6O/c1-15(2)18(19-20-21-22-25(19)14-17-8-5-13-26-17)24-11-9-23(10-12-24)16-6-3-4-7-16/h15-18H,3-14H2,1-2H3/t17-,18+/m0/s1. The van der Waals surface area contributed by atoms with Crippen molar-refractivity contribution in [2.75, 3.05) is 32.8 Å². The van der Waals surface area contributed by atoms with E-state index in [1.54, 1.807) is 0 Å². The van der Waals surface area contributed by atoms with Crippen LogP contribution in [0.25, 0.3) is 0 Å². The average Bonchev–Trinajstić information content (AvgIpc) is 3.39. The molecule has 0 amide bonds. The molecule has 3 fully saturated rings. The number of piperazine rings is 1. The summed E-state index contributed by atoms with van der Waals surface area (Å²) in [6.45, 7) is 10.8. The summed E-state index contributed by atoms with van der Waals surface area (Å²) in [6, 6.07) is 1.12. The number of ether oxygens (including phenoxy) is 1. The van der Waals surface area contributed by atoms with Gasteiger partial charge in [-0.05, 0) is 42.0 Å². The Morgan fingerprint density at radius 2 is 1.81 bits per heavy atom. The van der Waals surface area contributed by atoms with E-state index in [-0.39, 0.29) is 12.1 Å². The van der Waals surface area contributed by atoms with Gasteiger partial charge < -0.3 is 4.74 Å². The van der Waals surface area contributed by atoms with Gasteiger partial charge in [-0.3, -0.25) is 9.80 Å². The molecule has 146 valence electrons. The van der Waals surface area contributed by atoms with Gasteiger partial charge in [-0.1, -0.05) is 26.7 Å². The van der Waals surface area contributed by atoms with Gasteiger partial charge in [0.05, 0.1) is 18.7 Å². The number of hydrogen-bond acceptors (Lipinski definition) is 6. The highest BCUT2D eigenvalue weighted by Crippen LogP contribution is 2.30. The summed E-state index contributed by atoms with van der Waals surface area (Å²) < 4.78 is 7.81. The number of nitrogens with zero attached hydrogens (tertiary/aromatic N) is 6. The van der Waals surface area contributed by atoms with E-state index in [0.717, 1.165) is 50.9 Å². The Morgan fingerprint density at radius 1 is 1.04 bits per heavy atom. The Labute approximate surface area is 157 Å². The molecule has 2 saturated heterocycles. The molecule has 7 nitrogen and oxygen atoms in total. The molecule has 7 heteroatoms. The molecule has 0 N–H and O–H groups in total. The third kappa shape index (κ3) is 3.94. The molecule has 4 rings (SSSR count). The zero-order valence-electron chi connectivity index (χ0n) is 16.4. The molecule has 2 aliphatic heterocycles. The van der Waals surface area contributed by atoms with Crippen LogP contribution in [0.3, 0.4) is 0 Å². The van der Waals surface area contributed by atoms with E-state index in [4.69, 9.17) is 4.74 Å². The molecule has 2 atom stereocenters. The van der Waals surface area contributed by atoms with Crippen LogP contribution in [0.2, 0.25) is 0 Å². The number of tetrazole rings is 1. The SMILES string of the molecule is CC(C)[C@H](c1nnnn1C[C@@H]1CCCO1)N1CCN(C2CCCC2)CC1. The predicted octanol–water partition coefficient (Wildman–Crippen LogP) is 2.11. The van der Waals surface area contributed by atoms with Gasteiger partial charge in [0.2, 0.25) is 0 Å². The quantitative estimate of drug-likeness (QED) is 0.772. The molecule has 3 aliphatic rings. The molecule has 1 aromatic heterocycles. The fraction of sp³-hybridized carbons (Fsp3) is 0.947. The van der Waals surface area contributed by atoms with E-state index in [1.165, 1.54) is 38.8 Å². The normalized spacial score (nSPS) is 27.6. The van der Waals surface area contributed by atoms with Crippen LogP contribution in [-0.2, 0) is 11.3 Å². The minimum Gasteiger partial charge on any atom is -0.376 e. The van der Waals surface area contributed by atoms with E-state index in [1.807, 2.05) is 4.68 Å². The molecule has 0 radical (unpaired) electrons. The molecular weight excluding hydrogens is 328 g/mol. The topological polar surface area (TPSA) is 59.3 Å². The third-order valence-electron chi connectivity index (χ3n) is 6.44. The van der Waals surface area contributed by atoms with Gasteiger partial charge in [0.15, 0.2) is 5.82 Å². The number of rotatable bonds is 6.